The number of carboxylic acid groups (broad SMARTS) is 1. The number of nitrogen functional groups attached to an aromatic ring is 1. The van der Waals surface area contributed by atoms with E-state index < -0.39 is 5.97 Å². The maximum atomic E-state index is 12.3. The minimum absolute atomic E-state index is 0.0956. The molecule has 114 valence electrons. The van der Waals surface area contributed by atoms with Gasteiger partial charge < -0.3 is 15.7 Å². The molecule has 5 heteroatoms. The lowest BCUT2D eigenvalue weighted by molar-refractivity contribution is -0.138. The van der Waals surface area contributed by atoms with Gasteiger partial charge in [-0.25, -0.2) is 0 Å². The number of rotatable bonds is 5. The number of carbonyl (C=O) groups excluding carboxylic acids is 1. The first-order valence-electron chi connectivity index (χ1n) is 7.30. The SMILES string of the molecule is CC(CC(=O)N1CCC(CC(=O)O)C1)c1ccc(N)cc1. The van der Waals surface area contributed by atoms with Gasteiger partial charge in [0.1, 0.15) is 0 Å². The molecule has 5 nitrogen and oxygen atoms in total. The largest absolute Gasteiger partial charge is 0.481 e. The molecule has 0 aliphatic carbocycles. The van der Waals surface area contributed by atoms with Crippen LogP contribution in [-0.2, 0) is 9.59 Å². The molecule has 1 saturated heterocycles. The van der Waals surface area contributed by atoms with Gasteiger partial charge in [0.15, 0.2) is 0 Å². The molecule has 1 fully saturated rings. The van der Waals surface area contributed by atoms with E-state index in [0.29, 0.717) is 25.2 Å². The number of amides is 1. The Morgan fingerprint density at radius 1 is 1.38 bits per heavy atom. The van der Waals surface area contributed by atoms with Crippen LogP contribution in [0.2, 0.25) is 0 Å². The average Bonchev–Trinajstić information content (AvgIpc) is 2.87. The Morgan fingerprint density at radius 2 is 2.05 bits per heavy atom. The Morgan fingerprint density at radius 3 is 2.67 bits per heavy atom. The fraction of sp³-hybridized carbons (Fsp3) is 0.500. The number of nitrogens with two attached hydrogens (primary N) is 1. The number of anilines is 1. The third kappa shape index (κ3) is 4.21. The van der Waals surface area contributed by atoms with Gasteiger partial charge >= 0.3 is 5.97 Å². The van der Waals surface area contributed by atoms with Gasteiger partial charge in [0.2, 0.25) is 5.91 Å². The monoisotopic (exact) mass is 290 g/mol. The predicted molar refractivity (Wildman–Crippen MR) is 80.8 cm³/mol. The highest BCUT2D eigenvalue weighted by atomic mass is 16.4. The second kappa shape index (κ2) is 6.61. The van der Waals surface area contributed by atoms with Crippen LogP contribution in [0.15, 0.2) is 24.3 Å². The second-order valence-corrected chi connectivity index (χ2v) is 5.86. The maximum absolute atomic E-state index is 12.3. The summed E-state index contributed by atoms with van der Waals surface area (Å²) in [4.78, 5) is 24.8. The van der Waals surface area contributed by atoms with E-state index in [1.807, 2.05) is 31.2 Å². The van der Waals surface area contributed by atoms with Crippen molar-refractivity contribution in [2.24, 2.45) is 5.92 Å². The molecular formula is C16H22N2O3. The molecule has 1 amide bonds. The van der Waals surface area contributed by atoms with Crippen LogP contribution >= 0.6 is 0 Å². The van der Waals surface area contributed by atoms with Crippen LogP contribution in [-0.4, -0.2) is 35.0 Å². The number of nitrogens with zero attached hydrogens (tertiary/aromatic N) is 1. The first-order valence-corrected chi connectivity index (χ1v) is 7.30. The summed E-state index contributed by atoms with van der Waals surface area (Å²) in [6.07, 6.45) is 1.38. The molecule has 1 heterocycles. The molecule has 2 atom stereocenters. The Balaban J connectivity index is 1.87. The number of carbonyl (C=O) groups is 2. The maximum Gasteiger partial charge on any atom is 0.303 e. The van der Waals surface area contributed by atoms with Crippen molar-refractivity contribution < 1.29 is 14.7 Å². The zero-order valence-corrected chi connectivity index (χ0v) is 12.3. The summed E-state index contributed by atoms with van der Waals surface area (Å²) in [5.41, 5.74) is 7.47. The number of carboxylic acids is 1. The van der Waals surface area contributed by atoms with Gasteiger partial charge in [-0.1, -0.05) is 19.1 Å². The normalized spacial score (nSPS) is 19.5. The first kappa shape index (κ1) is 15.4. The van der Waals surface area contributed by atoms with Gasteiger partial charge in [0, 0.05) is 31.6 Å². The minimum Gasteiger partial charge on any atom is -0.481 e. The van der Waals surface area contributed by atoms with Gasteiger partial charge in [-0.3, -0.25) is 9.59 Å². The van der Waals surface area contributed by atoms with E-state index in [2.05, 4.69) is 0 Å². The molecular weight excluding hydrogens is 268 g/mol. The molecule has 0 bridgehead atoms. The van der Waals surface area contributed by atoms with Gasteiger partial charge in [-0.2, -0.15) is 0 Å². The molecule has 1 aliphatic rings. The molecule has 1 aliphatic heterocycles. The number of aliphatic carboxylic acids is 1. The highest BCUT2D eigenvalue weighted by molar-refractivity contribution is 5.77. The van der Waals surface area contributed by atoms with Gasteiger partial charge in [-0.05, 0) is 36.0 Å². The van der Waals surface area contributed by atoms with Crippen LogP contribution in [0.4, 0.5) is 5.69 Å². The zero-order chi connectivity index (χ0) is 15.4. The van der Waals surface area contributed by atoms with Crippen molar-refractivity contribution in [2.45, 2.75) is 32.1 Å². The van der Waals surface area contributed by atoms with Crippen molar-refractivity contribution in [1.29, 1.82) is 0 Å². The lowest BCUT2D eigenvalue weighted by Crippen LogP contribution is -2.29. The van der Waals surface area contributed by atoms with Crippen molar-refractivity contribution in [3.63, 3.8) is 0 Å². The summed E-state index contributed by atoms with van der Waals surface area (Å²) in [6, 6.07) is 7.58. The van der Waals surface area contributed by atoms with E-state index in [1.54, 1.807) is 4.90 Å². The lowest BCUT2D eigenvalue weighted by atomic mass is 9.97. The molecule has 3 N–H and O–H groups in total. The number of hydrogen-bond donors (Lipinski definition) is 2. The van der Waals surface area contributed by atoms with Crippen molar-refractivity contribution in [3.05, 3.63) is 29.8 Å². The molecule has 0 saturated carbocycles. The smallest absolute Gasteiger partial charge is 0.303 e. The standard InChI is InChI=1S/C16H22N2O3/c1-11(13-2-4-14(17)5-3-13)8-15(19)18-7-6-12(10-18)9-16(20)21/h2-5,11-12H,6-10,17H2,1H3,(H,20,21). The van der Waals surface area contributed by atoms with Gasteiger partial charge in [0.05, 0.1) is 0 Å². The first-order chi connectivity index (χ1) is 9.95. The van der Waals surface area contributed by atoms with Crippen LogP contribution in [0.1, 0.15) is 37.7 Å². The molecule has 0 spiro atoms. The number of likely N-dealkylation sites (tertiary alicyclic amines) is 1. The summed E-state index contributed by atoms with van der Waals surface area (Å²) in [5, 5.41) is 8.80. The predicted octanol–water partition coefficient (Wildman–Crippen LogP) is 2.09. The third-order valence-electron chi connectivity index (χ3n) is 4.09. The van der Waals surface area contributed by atoms with Crippen LogP contribution in [0, 0.1) is 5.92 Å². The molecule has 0 radical (unpaired) electrons. The van der Waals surface area contributed by atoms with E-state index in [9.17, 15) is 9.59 Å². The summed E-state index contributed by atoms with van der Waals surface area (Å²) < 4.78 is 0. The quantitative estimate of drug-likeness (QED) is 0.813. The van der Waals surface area contributed by atoms with Gasteiger partial charge in [-0.15, -0.1) is 0 Å². The molecule has 2 unspecified atom stereocenters. The van der Waals surface area contributed by atoms with Crippen LogP contribution in [0.25, 0.3) is 0 Å². The highest BCUT2D eigenvalue weighted by Gasteiger charge is 2.28. The second-order valence-electron chi connectivity index (χ2n) is 5.86. The van der Waals surface area contributed by atoms with Crippen molar-refractivity contribution in [1.82, 2.24) is 4.90 Å². The summed E-state index contributed by atoms with van der Waals surface area (Å²) in [5.74, 6) is -0.452. The molecule has 1 aromatic carbocycles. The number of hydrogen-bond acceptors (Lipinski definition) is 3. The molecule has 0 aromatic heterocycles. The van der Waals surface area contributed by atoms with Crippen LogP contribution in [0.3, 0.4) is 0 Å². The topological polar surface area (TPSA) is 83.6 Å². The van der Waals surface area contributed by atoms with E-state index in [0.717, 1.165) is 12.0 Å². The third-order valence-corrected chi connectivity index (χ3v) is 4.09. The minimum atomic E-state index is -0.787. The van der Waals surface area contributed by atoms with Crippen molar-refractivity contribution >= 4 is 17.6 Å². The average molecular weight is 290 g/mol. The molecule has 21 heavy (non-hydrogen) atoms. The van der Waals surface area contributed by atoms with E-state index in [4.69, 9.17) is 10.8 Å². The van der Waals surface area contributed by atoms with Crippen LogP contribution in [0.5, 0.6) is 0 Å². The zero-order valence-electron chi connectivity index (χ0n) is 12.3. The summed E-state index contributed by atoms with van der Waals surface area (Å²) >= 11 is 0. The summed E-state index contributed by atoms with van der Waals surface area (Å²) in [6.45, 7) is 3.26. The van der Waals surface area contributed by atoms with Gasteiger partial charge in [0.25, 0.3) is 0 Å². The van der Waals surface area contributed by atoms with Crippen molar-refractivity contribution in [2.75, 3.05) is 18.8 Å². The Kier molecular flexibility index (Phi) is 4.83. The fourth-order valence-electron chi connectivity index (χ4n) is 2.81. The Hall–Kier alpha value is -2.04. The van der Waals surface area contributed by atoms with E-state index >= 15 is 0 Å². The Bertz CT molecular complexity index is 513. The van der Waals surface area contributed by atoms with Crippen LogP contribution < -0.4 is 5.73 Å². The fourth-order valence-corrected chi connectivity index (χ4v) is 2.81. The van der Waals surface area contributed by atoms with Crippen molar-refractivity contribution in [3.8, 4) is 0 Å². The molecule has 2 rings (SSSR count). The van der Waals surface area contributed by atoms with E-state index in [1.165, 1.54) is 0 Å². The lowest BCUT2D eigenvalue weighted by Gasteiger charge is -2.19. The molecule has 1 aromatic rings. The number of benzene rings is 1. The Labute approximate surface area is 124 Å². The highest BCUT2D eigenvalue weighted by Crippen LogP contribution is 2.25. The summed E-state index contributed by atoms with van der Waals surface area (Å²) in [7, 11) is 0. The van der Waals surface area contributed by atoms with E-state index in [-0.39, 0.29) is 24.2 Å².